The van der Waals surface area contributed by atoms with Gasteiger partial charge in [-0.25, -0.2) is 20.4 Å². The molecular weight excluding hydrogens is 336 g/mol. The lowest BCUT2D eigenvalue weighted by molar-refractivity contribution is 0.0950. The van der Waals surface area contributed by atoms with Gasteiger partial charge in [-0.1, -0.05) is 0 Å². The van der Waals surface area contributed by atoms with Gasteiger partial charge in [-0.05, 0) is 19.9 Å². The summed E-state index contributed by atoms with van der Waals surface area (Å²) >= 11 is 0. The number of ether oxygens (including phenoxy) is 1. The third-order valence-electron chi connectivity index (χ3n) is 3.33. The summed E-state index contributed by atoms with van der Waals surface area (Å²) < 4.78 is 10.3. The summed E-state index contributed by atoms with van der Waals surface area (Å²) in [5, 5.41) is 3.84. The van der Waals surface area contributed by atoms with Crippen LogP contribution in [-0.4, -0.2) is 38.7 Å². The molecule has 0 aliphatic carbocycles. The maximum absolute atomic E-state index is 12.2. The Hall–Kier alpha value is -3.62. The van der Waals surface area contributed by atoms with Crippen molar-refractivity contribution in [3.63, 3.8) is 0 Å². The Morgan fingerprint density at radius 1 is 1.31 bits per heavy atom. The first-order valence-corrected chi connectivity index (χ1v) is 7.82. The van der Waals surface area contributed by atoms with Crippen LogP contribution in [0.2, 0.25) is 0 Å². The van der Waals surface area contributed by atoms with Gasteiger partial charge in [0, 0.05) is 17.8 Å². The van der Waals surface area contributed by atoms with Crippen LogP contribution in [0, 0.1) is 6.92 Å². The van der Waals surface area contributed by atoms with E-state index < -0.39 is 5.91 Å². The Morgan fingerprint density at radius 3 is 2.88 bits per heavy atom. The smallest absolute Gasteiger partial charge is 0.291 e. The van der Waals surface area contributed by atoms with E-state index in [4.69, 9.17) is 9.15 Å². The number of hydrogen-bond acceptors (Lipinski definition) is 8. The zero-order chi connectivity index (χ0) is 18.4. The van der Waals surface area contributed by atoms with E-state index in [-0.39, 0.29) is 5.69 Å². The van der Waals surface area contributed by atoms with Gasteiger partial charge in [-0.2, -0.15) is 5.10 Å². The van der Waals surface area contributed by atoms with Crippen molar-refractivity contribution in [3.05, 3.63) is 54.3 Å². The molecule has 26 heavy (non-hydrogen) atoms. The lowest BCUT2D eigenvalue weighted by Gasteiger charge is -2.05. The van der Waals surface area contributed by atoms with Crippen LogP contribution in [0.4, 0.5) is 0 Å². The second-order valence-corrected chi connectivity index (χ2v) is 5.10. The van der Waals surface area contributed by atoms with Crippen LogP contribution in [0.5, 0.6) is 5.88 Å². The summed E-state index contributed by atoms with van der Waals surface area (Å²) in [6.07, 6.45) is 7.22. The minimum absolute atomic E-state index is 0.130. The topological polar surface area (TPSA) is 115 Å². The Labute approximate surface area is 149 Å². The largest absolute Gasteiger partial charge is 0.478 e. The van der Waals surface area contributed by atoms with Crippen molar-refractivity contribution in [2.24, 2.45) is 5.10 Å². The van der Waals surface area contributed by atoms with Crippen LogP contribution in [0.1, 0.15) is 28.9 Å². The molecule has 9 nitrogen and oxygen atoms in total. The first-order chi connectivity index (χ1) is 12.7. The van der Waals surface area contributed by atoms with E-state index in [0.717, 1.165) is 5.56 Å². The molecule has 0 aliphatic heterocycles. The number of hydrazone groups is 1. The predicted molar refractivity (Wildman–Crippen MR) is 92.7 cm³/mol. The number of nitrogens with zero attached hydrogens (tertiary/aromatic N) is 5. The Morgan fingerprint density at radius 2 is 2.19 bits per heavy atom. The van der Waals surface area contributed by atoms with Crippen LogP contribution in [-0.2, 0) is 0 Å². The molecule has 0 aromatic carbocycles. The molecule has 0 saturated heterocycles. The van der Waals surface area contributed by atoms with Crippen LogP contribution >= 0.6 is 0 Å². The SMILES string of the molecule is CCOc1ccc(-c2cncc(C(=O)N/N=C/c3ncoc3C)n2)cn1. The first-order valence-electron chi connectivity index (χ1n) is 7.82. The molecule has 0 radical (unpaired) electrons. The number of nitrogens with one attached hydrogen (secondary N) is 1. The number of aromatic nitrogens is 4. The van der Waals surface area contributed by atoms with Gasteiger partial charge in [0.2, 0.25) is 5.88 Å². The fourth-order valence-electron chi connectivity index (χ4n) is 2.03. The van der Waals surface area contributed by atoms with Crippen molar-refractivity contribution in [1.82, 2.24) is 25.4 Å². The highest BCUT2D eigenvalue weighted by Crippen LogP contribution is 2.17. The van der Waals surface area contributed by atoms with Crippen molar-refractivity contribution >= 4 is 12.1 Å². The van der Waals surface area contributed by atoms with Gasteiger partial charge in [0.15, 0.2) is 6.39 Å². The number of carbonyl (C=O) groups excluding carboxylic acids is 1. The summed E-state index contributed by atoms with van der Waals surface area (Å²) in [4.78, 5) is 28.6. The molecule has 3 aromatic heterocycles. The van der Waals surface area contributed by atoms with E-state index in [0.29, 0.717) is 29.6 Å². The molecule has 3 heterocycles. The Kier molecular flexibility index (Phi) is 5.28. The van der Waals surface area contributed by atoms with Crippen molar-refractivity contribution in [3.8, 4) is 17.1 Å². The molecule has 0 unspecified atom stereocenters. The van der Waals surface area contributed by atoms with E-state index in [1.807, 2.05) is 6.92 Å². The molecule has 0 atom stereocenters. The lowest BCUT2D eigenvalue weighted by Crippen LogP contribution is -2.19. The highest BCUT2D eigenvalue weighted by atomic mass is 16.5. The monoisotopic (exact) mass is 352 g/mol. The summed E-state index contributed by atoms with van der Waals surface area (Å²) in [6, 6.07) is 3.53. The number of pyridine rings is 1. The number of oxazole rings is 1. The predicted octanol–water partition coefficient (Wildman–Crippen LogP) is 2.00. The zero-order valence-corrected chi connectivity index (χ0v) is 14.2. The average molecular weight is 352 g/mol. The van der Waals surface area contributed by atoms with Crippen molar-refractivity contribution in [2.75, 3.05) is 6.61 Å². The summed E-state index contributed by atoms with van der Waals surface area (Å²) in [5.41, 5.74) is 4.28. The van der Waals surface area contributed by atoms with E-state index in [1.165, 1.54) is 18.8 Å². The van der Waals surface area contributed by atoms with Gasteiger partial charge in [-0.15, -0.1) is 0 Å². The minimum atomic E-state index is -0.490. The minimum Gasteiger partial charge on any atom is -0.478 e. The maximum Gasteiger partial charge on any atom is 0.291 e. The van der Waals surface area contributed by atoms with Crippen LogP contribution in [0.25, 0.3) is 11.3 Å². The summed E-state index contributed by atoms with van der Waals surface area (Å²) in [7, 11) is 0. The lowest BCUT2D eigenvalue weighted by atomic mass is 10.2. The molecular formula is C17H16N6O3. The highest BCUT2D eigenvalue weighted by Gasteiger charge is 2.10. The van der Waals surface area contributed by atoms with E-state index in [9.17, 15) is 4.79 Å². The molecule has 1 N–H and O–H groups in total. The van der Waals surface area contributed by atoms with Crippen LogP contribution in [0.3, 0.4) is 0 Å². The normalized spacial score (nSPS) is 10.8. The molecule has 3 rings (SSSR count). The molecule has 9 heteroatoms. The fraction of sp³-hybridized carbons (Fsp3) is 0.176. The number of carbonyl (C=O) groups is 1. The molecule has 0 aliphatic rings. The molecule has 0 saturated carbocycles. The molecule has 0 fully saturated rings. The van der Waals surface area contributed by atoms with Crippen molar-refractivity contribution in [2.45, 2.75) is 13.8 Å². The van der Waals surface area contributed by atoms with E-state index in [1.54, 1.807) is 31.5 Å². The number of aryl methyl sites for hydroxylation is 1. The molecule has 0 bridgehead atoms. The summed E-state index contributed by atoms with van der Waals surface area (Å²) in [5.74, 6) is 0.638. The number of amides is 1. The molecule has 132 valence electrons. The van der Waals surface area contributed by atoms with Gasteiger partial charge in [0.25, 0.3) is 5.91 Å². The highest BCUT2D eigenvalue weighted by molar-refractivity contribution is 5.93. The van der Waals surface area contributed by atoms with Crippen LogP contribution in [0.15, 0.2) is 46.6 Å². The van der Waals surface area contributed by atoms with E-state index in [2.05, 4.69) is 30.5 Å². The van der Waals surface area contributed by atoms with Gasteiger partial charge < -0.3 is 9.15 Å². The van der Waals surface area contributed by atoms with Gasteiger partial charge in [-0.3, -0.25) is 9.78 Å². The first kappa shape index (κ1) is 17.2. The van der Waals surface area contributed by atoms with Gasteiger partial charge in [0.05, 0.1) is 30.9 Å². The summed E-state index contributed by atoms with van der Waals surface area (Å²) in [6.45, 7) is 4.17. The van der Waals surface area contributed by atoms with Crippen molar-refractivity contribution < 1.29 is 13.9 Å². The molecule has 1 amide bonds. The van der Waals surface area contributed by atoms with Crippen LogP contribution < -0.4 is 10.2 Å². The second-order valence-electron chi connectivity index (χ2n) is 5.10. The standard InChI is InChI=1S/C17H16N6O3/c1-3-25-16-5-4-12(6-19-16)14-7-18-8-15(22-14)17(24)23-21-9-13-11(2)26-10-20-13/h4-10H,3H2,1-2H3,(H,23,24)/b21-9+. The van der Waals surface area contributed by atoms with E-state index >= 15 is 0 Å². The zero-order valence-electron chi connectivity index (χ0n) is 14.2. The number of hydrogen-bond donors (Lipinski definition) is 1. The Balaban J connectivity index is 1.71. The maximum atomic E-state index is 12.2. The third kappa shape index (κ3) is 4.07. The van der Waals surface area contributed by atoms with Crippen molar-refractivity contribution in [1.29, 1.82) is 0 Å². The molecule has 0 spiro atoms. The van der Waals surface area contributed by atoms with Gasteiger partial charge in [0.1, 0.15) is 17.1 Å². The Bertz CT molecular complexity index is 920. The van der Waals surface area contributed by atoms with Gasteiger partial charge >= 0.3 is 0 Å². The quantitative estimate of drug-likeness (QED) is 0.533. The number of rotatable bonds is 6. The second kappa shape index (κ2) is 7.97. The molecule has 3 aromatic rings. The fourth-order valence-corrected chi connectivity index (χ4v) is 2.03. The average Bonchev–Trinajstić information content (AvgIpc) is 3.07. The third-order valence-corrected chi connectivity index (χ3v) is 3.33.